The van der Waals surface area contributed by atoms with E-state index in [9.17, 15) is 68.8 Å². The Hall–Kier alpha value is -11.7. The first-order valence-corrected chi connectivity index (χ1v) is 50.8. The van der Waals surface area contributed by atoms with Gasteiger partial charge in [0.2, 0.25) is 0 Å². The van der Waals surface area contributed by atoms with Crippen LogP contribution in [0.5, 0.6) is 0 Å². The maximum absolute atomic E-state index is 14.3. The molecule has 0 unspecified atom stereocenters. The molecule has 0 saturated carbocycles. The Balaban J connectivity index is 0.000000259. The number of nitrogens with zero attached hydrogens (tertiary/aromatic N) is 4. The third-order valence-electron chi connectivity index (χ3n) is 24.1. The lowest BCUT2D eigenvalue weighted by molar-refractivity contribution is -0.385. The molecule has 3 aliphatic rings. The normalized spacial score (nSPS) is 18.2. The van der Waals surface area contributed by atoms with Crippen molar-refractivity contribution >= 4 is 80.5 Å². The van der Waals surface area contributed by atoms with Gasteiger partial charge >= 0.3 is 6.09 Å². The van der Waals surface area contributed by atoms with Crippen molar-refractivity contribution in [3.05, 3.63) is 338 Å². The highest BCUT2D eigenvalue weighted by Crippen LogP contribution is 2.42. The summed E-state index contributed by atoms with van der Waals surface area (Å²) in [6, 6.07) is 60.8. The summed E-state index contributed by atoms with van der Waals surface area (Å²) < 4.78 is 144. The number of rotatable bonds is 27. The standard InChI is InChI=1S/C20H22FNO2S.C19H19FN2O2.C17H23FN2O3.C16H25FO2S.C16H23FOS.C12H14FN3O3.C11H16FNO/c1-20(12-7-13-23,16-10-5-6-11-17(16)21)14-18(25)22-19(24)15-8-3-2-4-9-15;1-19(15-10-5-6-11-16(15)20)12-7-13-24-18(22-19)21-17(23)14-8-3-2-4-9-14;1-16(2,3)23-15(21)19-14-20-17(4,10-7-11-22-14)12-8-5-6-9-13(12)18;1-15(2,3)20(19)12-16(4,10-7-11-18)13-8-5-6-9-14(13)17;1-6-11-16(5,12-19(18)15(2,3)4)13-9-7-8-10-14(13)17;1-12(5-2-6-19-11(14)15-12)9-7-8(16(17)18)3-4-10(9)13;1-11(13,7-4-8-14)9-5-2-3-6-10(9)12/h2-6,8-11,23H,7,12-14H2,1H3,(H,22,24,25);2-6,8-11H,7,12-13H2,1H3,(H,21,22,23);5-6,8-9H,7,10-11H2,1-4H3,(H,19,20,21);5-6,8-9,18H,7,10-12H2,1-4H3;6-10H,1,11-12H2,2-5H3;3-4,7H,2,5-6H2,1H3,(H2,14,15);2-3,5-6,14H,4,7-8,13H2,1H3/t20-;19-;17-;16-,20+;16-,19+;12-;11-/m1001100/s1. The largest absolute Gasteiger partial charge is 0.465 e. The van der Waals surface area contributed by atoms with E-state index >= 15 is 0 Å². The van der Waals surface area contributed by atoms with E-state index in [0.717, 1.165) is 18.6 Å². The first-order chi connectivity index (χ1) is 67.6. The van der Waals surface area contributed by atoms with Crippen LogP contribution in [0.25, 0.3) is 0 Å². The first-order valence-electron chi connectivity index (χ1n) is 47.8. The third-order valence-corrected chi connectivity index (χ3v) is 28.9. The highest BCUT2D eigenvalue weighted by atomic mass is 32.2. The van der Waals surface area contributed by atoms with Gasteiger partial charge in [-0.2, -0.15) is 0 Å². The summed E-state index contributed by atoms with van der Waals surface area (Å²) in [5, 5.41) is 45.6. The second-order valence-corrected chi connectivity index (χ2v) is 44.8. The van der Waals surface area contributed by atoms with E-state index < -0.39 is 82.4 Å². The lowest BCUT2D eigenvalue weighted by Crippen LogP contribution is -2.38. The number of alkyl carbamates (subject to hydrolysis) is 1. The molecule has 9 aromatic rings. The fraction of sp³-hybridized carbons (Fsp3) is 0.432. The van der Waals surface area contributed by atoms with E-state index in [-0.39, 0.29) is 105 Å². The minimum absolute atomic E-state index is 0.0210. The number of nitrogens with one attached hydrogen (secondary N) is 3. The van der Waals surface area contributed by atoms with Gasteiger partial charge in [0.05, 0.1) is 46.3 Å². The molecule has 144 heavy (non-hydrogen) atoms. The molecule has 12 rings (SSSR count). The average molecular weight is 2060 g/mol. The number of non-ortho nitro benzene ring substituents is 1. The number of allylic oxidation sites excluding steroid dienone is 1. The Morgan fingerprint density at radius 1 is 0.479 bits per heavy atom. The van der Waals surface area contributed by atoms with Crippen molar-refractivity contribution in [1.29, 1.82) is 0 Å². The van der Waals surface area contributed by atoms with E-state index in [2.05, 4.69) is 37.5 Å². The highest BCUT2D eigenvalue weighted by molar-refractivity contribution is 7.86. The van der Waals surface area contributed by atoms with Gasteiger partial charge < -0.3 is 51.1 Å². The molecule has 3 aliphatic heterocycles. The number of hydrogen-bond donors (Lipinski definition) is 8. The molecule has 10 N–H and O–H groups in total. The summed E-state index contributed by atoms with van der Waals surface area (Å²) in [5.74, 6) is -1.99. The molecule has 0 saturated heterocycles. The highest BCUT2D eigenvalue weighted by Gasteiger charge is 2.40. The van der Waals surface area contributed by atoms with Gasteiger partial charge in [0.25, 0.3) is 35.6 Å². The molecule has 0 bridgehead atoms. The van der Waals surface area contributed by atoms with Crippen molar-refractivity contribution in [1.82, 2.24) is 16.0 Å². The van der Waals surface area contributed by atoms with Gasteiger partial charge in [-0.05, 0) is 257 Å². The quantitative estimate of drug-likeness (QED) is 0.00779. The van der Waals surface area contributed by atoms with Crippen LogP contribution >= 0.6 is 12.2 Å². The van der Waals surface area contributed by atoms with Gasteiger partial charge in [-0.25, -0.2) is 55.8 Å². The van der Waals surface area contributed by atoms with Gasteiger partial charge in [-0.1, -0.05) is 185 Å². The van der Waals surface area contributed by atoms with Gasteiger partial charge in [0.1, 0.15) is 46.3 Å². The summed E-state index contributed by atoms with van der Waals surface area (Å²) in [4.78, 5) is 60.1. The lowest BCUT2D eigenvalue weighted by atomic mass is 9.75. The number of nitrogens with two attached hydrogens (primary N) is 2. The summed E-state index contributed by atoms with van der Waals surface area (Å²) in [7, 11) is -2.10. The summed E-state index contributed by atoms with van der Waals surface area (Å²) in [5.41, 5.74) is 10.4. The fourth-order valence-corrected chi connectivity index (χ4v) is 19.1. The summed E-state index contributed by atoms with van der Waals surface area (Å²) in [6.45, 7) is 35.0. The monoisotopic (exact) mass is 2050 g/mol. The molecule has 9 atom stereocenters. The van der Waals surface area contributed by atoms with Gasteiger partial charge in [-0.3, -0.25) is 33.4 Å². The van der Waals surface area contributed by atoms with Crippen LogP contribution < -0.4 is 27.4 Å². The van der Waals surface area contributed by atoms with Crippen molar-refractivity contribution in [3.63, 3.8) is 0 Å². The number of benzene rings is 9. The Morgan fingerprint density at radius 2 is 0.833 bits per heavy atom. The van der Waals surface area contributed by atoms with Crippen LogP contribution in [0.15, 0.2) is 252 Å². The smallest absolute Gasteiger partial charge is 0.415 e. The SMILES string of the molecule is C=CC[C@](C)(C[S@](=O)C(C)(C)C)c1ccccc1F.CC(C)(C)OC(=O)NC1=N[C@](C)(c2ccccc2F)CCCO1.CC(C)(C)[S@@](=O)C[C@@](C)(CCCO)c1ccccc1F.C[C@@](CCCO)(CC(=S)NC(=O)c1ccccc1)c1ccccc1F.C[C@@]1(c2cc([N+](=O)[O-])ccc2F)CCCOC(N)=N1.C[C@@]1(c2ccccc2F)CCCOC(NC(=O)c2ccccc2)=N1.C[C@](N)(CCCO)c1ccccc1F. The number of amides is 3. The number of nitro benzene ring substituents is 1. The van der Waals surface area contributed by atoms with Crippen molar-refractivity contribution in [2.45, 2.75) is 254 Å². The zero-order chi connectivity index (χ0) is 107. The number of aliphatic hydroxyl groups is 3. The topological polar surface area (TPSA) is 351 Å². The van der Waals surface area contributed by atoms with Gasteiger partial charge in [-0.15, -0.1) is 6.58 Å². The van der Waals surface area contributed by atoms with E-state index in [1.54, 1.807) is 192 Å². The minimum atomic E-state index is -1.07. The molecule has 3 heterocycles. The third kappa shape index (κ3) is 38.0. The molecule has 9 aromatic carbocycles. The number of aliphatic hydroxyl groups excluding tert-OH is 3. The molecule has 23 nitrogen and oxygen atoms in total. The molecular formula is C111H142F7N9O14S3. The number of carbonyl (C=O) groups excluding carboxylic acids is 3. The van der Waals surface area contributed by atoms with E-state index in [0.29, 0.717) is 164 Å². The van der Waals surface area contributed by atoms with Crippen molar-refractivity contribution < 1.29 is 92.7 Å². The van der Waals surface area contributed by atoms with Crippen LogP contribution in [0.1, 0.15) is 260 Å². The van der Waals surface area contributed by atoms with Gasteiger partial charge in [0, 0.05) is 136 Å². The second-order valence-electron chi connectivity index (χ2n) is 39.9. The van der Waals surface area contributed by atoms with Crippen molar-refractivity contribution in [2.24, 2.45) is 26.4 Å². The van der Waals surface area contributed by atoms with Crippen LogP contribution in [0.3, 0.4) is 0 Å². The molecule has 33 heteroatoms. The van der Waals surface area contributed by atoms with Crippen LogP contribution in [-0.4, -0.2) is 136 Å². The predicted molar refractivity (Wildman–Crippen MR) is 563 cm³/mol. The number of carbonyl (C=O) groups is 3. The Labute approximate surface area is 853 Å². The first kappa shape index (κ1) is 121. The van der Waals surface area contributed by atoms with E-state index in [1.165, 1.54) is 42.5 Å². The average Bonchev–Trinajstić information content (AvgIpc) is 1.66. The number of hydrogen-bond acceptors (Lipinski definition) is 20. The molecule has 0 radical (unpaired) electrons. The predicted octanol–water partition coefficient (Wildman–Crippen LogP) is 22.8. The zero-order valence-electron chi connectivity index (χ0n) is 85.3. The number of ether oxygens (including phenoxy) is 4. The molecule has 782 valence electrons. The number of amidine groups is 3. The van der Waals surface area contributed by atoms with E-state index in [4.69, 9.17) is 52.8 Å². The minimum Gasteiger partial charge on any atom is -0.465 e. The van der Waals surface area contributed by atoms with Crippen LogP contribution in [0.4, 0.5) is 41.2 Å². The zero-order valence-corrected chi connectivity index (χ0v) is 87.8. The summed E-state index contributed by atoms with van der Waals surface area (Å²) in [6.07, 6.45) is 9.32. The Kier molecular flexibility index (Phi) is 47.1. The molecule has 0 aliphatic carbocycles. The number of aliphatic imine (C=N–C) groups is 3. The molecule has 0 aromatic heterocycles. The second kappa shape index (κ2) is 56.1. The maximum Gasteiger partial charge on any atom is 0.415 e. The van der Waals surface area contributed by atoms with Crippen LogP contribution in [0, 0.1) is 50.8 Å². The van der Waals surface area contributed by atoms with Crippen LogP contribution in [-0.2, 0) is 78.9 Å². The lowest BCUT2D eigenvalue weighted by Gasteiger charge is -2.33. The number of halogens is 7. The van der Waals surface area contributed by atoms with E-state index in [1.807, 2.05) is 94.4 Å². The van der Waals surface area contributed by atoms with Crippen LogP contribution in [0.2, 0.25) is 0 Å². The molecule has 0 fully saturated rings. The number of nitro groups is 1. The Bertz CT molecular complexity index is 5850. The van der Waals surface area contributed by atoms with Crippen molar-refractivity contribution in [3.8, 4) is 0 Å². The molecule has 3 amide bonds. The molecule has 0 spiro atoms. The maximum atomic E-state index is 14.3. The van der Waals surface area contributed by atoms with Crippen molar-refractivity contribution in [2.75, 3.05) is 51.1 Å². The molecular weight excluding hydrogens is 1910 g/mol. The number of thiocarbonyl (C=S) groups is 1. The van der Waals surface area contributed by atoms with Gasteiger partial charge in [0.15, 0.2) is 0 Å². The Morgan fingerprint density at radius 3 is 1.24 bits per heavy atom. The summed E-state index contributed by atoms with van der Waals surface area (Å²) >= 11 is 5.36. The fourth-order valence-electron chi connectivity index (χ4n) is 16.1.